The van der Waals surface area contributed by atoms with Gasteiger partial charge in [-0.05, 0) is 24.8 Å². The quantitative estimate of drug-likeness (QED) is 0.873. The first-order valence-electron chi connectivity index (χ1n) is 7.94. The van der Waals surface area contributed by atoms with Crippen molar-refractivity contribution in [3.8, 4) is 0 Å². The van der Waals surface area contributed by atoms with Crippen molar-refractivity contribution in [2.75, 3.05) is 19.6 Å². The minimum Gasteiger partial charge on any atom is -0.314 e. The normalized spacial score (nSPS) is 21.5. The Morgan fingerprint density at radius 2 is 1.68 bits per heavy atom. The fourth-order valence-corrected chi connectivity index (χ4v) is 3.49. The maximum Gasteiger partial charge on any atom is 0.0348 e. The summed E-state index contributed by atoms with van der Waals surface area (Å²) in [7, 11) is 0. The number of nitrogens with one attached hydrogen (secondary N) is 1. The van der Waals surface area contributed by atoms with Crippen LogP contribution in [0.5, 0.6) is 0 Å². The van der Waals surface area contributed by atoms with E-state index in [1.165, 1.54) is 63.7 Å². The van der Waals surface area contributed by atoms with Crippen LogP contribution in [0.1, 0.15) is 37.7 Å². The van der Waals surface area contributed by atoms with Gasteiger partial charge < -0.3 is 5.32 Å². The van der Waals surface area contributed by atoms with Crippen LogP contribution in [0.4, 0.5) is 0 Å². The smallest absolute Gasteiger partial charge is 0.0348 e. The van der Waals surface area contributed by atoms with Gasteiger partial charge in [0.05, 0.1) is 0 Å². The zero-order chi connectivity index (χ0) is 12.9. The summed E-state index contributed by atoms with van der Waals surface area (Å²) in [5.41, 5.74) is 1.48. The molecule has 0 radical (unpaired) electrons. The van der Waals surface area contributed by atoms with Crippen molar-refractivity contribution < 1.29 is 0 Å². The summed E-state index contributed by atoms with van der Waals surface area (Å²) in [6.07, 6.45) is 8.37. The first kappa shape index (κ1) is 13.1. The molecule has 2 nitrogen and oxygen atoms in total. The van der Waals surface area contributed by atoms with Crippen molar-refractivity contribution in [1.29, 1.82) is 0 Å². The van der Waals surface area contributed by atoms with E-state index in [1.807, 2.05) is 0 Å². The van der Waals surface area contributed by atoms with E-state index in [1.54, 1.807) is 0 Å². The Morgan fingerprint density at radius 1 is 0.947 bits per heavy atom. The molecule has 1 aliphatic carbocycles. The van der Waals surface area contributed by atoms with E-state index >= 15 is 0 Å². The molecule has 1 aromatic carbocycles. The summed E-state index contributed by atoms with van der Waals surface area (Å²) in [5.74, 6) is 0. The molecule has 19 heavy (non-hydrogen) atoms. The predicted octanol–water partition coefficient (Wildman–Crippen LogP) is 2.84. The van der Waals surface area contributed by atoms with Crippen LogP contribution in [0.2, 0.25) is 0 Å². The van der Waals surface area contributed by atoms with Crippen molar-refractivity contribution >= 4 is 0 Å². The molecule has 0 aromatic heterocycles. The summed E-state index contributed by atoms with van der Waals surface area (Å²) in [6.45, 7) is 3.64. The highest BCUT2D eigenvalue weighted by molar-refractivity contribution is 5.15. The fraction of sp³-hybridized carbons (Fsp3) is 0.647. The number of hydrogen-bond donors (Lipinski definition) is 1. The fourth-order valence-electron chi connectivity index (χ4n) is 3.49. The molecule has 1 N–H and O–H groups in total. The lowest BCUT2D eigenvalue weighted by Crippen LogP contribution is -2.60. The molecule has 2 heteroatoms. The minimum atomic E-state index is 0.798. The van der Waals surface area contributed by atoms with Gasteiger partial charge >= 0.3 is 0 Å². The minimum absolute atomic E-state index is 0.798. The van der Waals surface area contributed by atoms with Gasteiger partial charge in [-0.3, -0.25) is 4.90 Å². The molecule has 0 amide bonds. The largest absolute Gasteiger partial charge is 0.314 e. The van der Waals surface area contributed by atoms with Crippen molar-refractivity contribution in [2.24, 2.45) is 0 Å². The van der Waals surface area contributed by atoms with Gasteiger partial charge in [0.25, 0.3) is 0 Å². The molecule has 104 valence electrons. The van der Waals surface area contributed by atoms with Gasteiger partial charge in [0, 0.05) is 31.7 Å². The van der Waals surface area contributed by atoms with E-state index in [-0.39, 0.29) is 0 Å². The summed E-state index contributed by atoms with van der Waals surface area (Å²) < 4.78 is 0. The Hall–Kier alpha value is -0.860. The van der Waals surface area contributed by atoms with Gasteiger partial charge in [0.1, 0.15) is 0 Å². The Morgan fingerprint density at radius 3 is 2.32 bits per heavy atom. The molecule has 0 bridgehead atoms. The maximum atomic E-state index is 3.44. The molecule has 1 heterocycles. The predicted molar refractivity (Wildman–Crippen MR) is 80.4 cm³/mol. The topological polar surface area (TPSA) is 15.3 Å². The average molecular weight is 258 g/mol. The van der Waals surface area contributed by atoms with Gasteiger partial charge in [0.15, 0.2) is 0 Å². The molecule has 0 spiro atoms. The molecular weight excluding hydrogens is 232 g/mol. The highest BCUT2D eigenvalue weighted by Gasteiger charge is 2.30. The van der Waals surface area contributed by atoms with Gasteiger partial charge in [-0.2, -0.15) is 0 Å². The first-order chi connectivity index (χ1) is 9.43. The lowest BCUT2D eigenvalue weighted by molar-refractivity contribution is 0.0744. The molecule has 1 aliphatic heterocycles. The van der Waals surface area contributed by atoms with Gasteiger partial charge in [-0.15, -0.1) is 0 Å². The van der Waals surface area contributed by atoms with Crippen LogP contribution in [0, 0.1) is 0 Å². The van der Waals surface area contributed by atoms with Crippen molar-refractivity contribution in [1.82, 2.24) is 10.2 Å². The van der Waals surface area contributed by atoms with Crippen molar-refractivity contribution in [2.45, 2.75) is 50.6 Å². The third-order valence-corrected chi connectivity index (χ3v) is 4.77. The number of benzene rings is 1. The third kappa shape index (κ3) is 3.37. The molecule has 2 aliphatic rings. The zero-order valence-corrected chi connectivity index (χ0v) is 11.9. The molecule has 3 rings (SSSR count). The Labute approximate surface area is 117 Å². The summed E-state index contributed by atoms with van der Waals surface area (Å²) in [6, 6.07) is 12.6. The van der Waals surface area contributed by atoms with Crippen LogP contribution >= 0.6 is 0 Å². The van der Waals surface area contributed by atoms with Crippen LogP contribution < -0.4 is 5.32 Å². The molecule has 1 saturated heterocycles. The lowest BCUT2D eigenvalue weighted by Gasteiger charge is -2.44. The third-order valence-electron chi connectivity index (χ3n) is 4.77. The van der Waals surface area contributed by atoms with E-state index in [0.29, 0.717) is 0 Å². The van der Waals surface area contributed by atoms with Crippen molar-refractivity contribution in [3.63, 3.8) is 0 Å². The highest BCUT2D eigenvalue weighted by Crippen LogP contribution is 2.25. The number of hydrogen-bond acceptors (Lipinski definition) is 2. The Bertz CT molecular complexity index is 366. The molecular formula is C17H26N2. The van der Waals surface area contributed by atoms with Crippen molar-refractivity contribution in [3.05, 3.63) is 35.9 Å². The van der Waals surface area contributed by atoms with E-state index in [2.05, 4.69) is 40.5 Å². The lowest BCUT2D eigenvalue weighted by atomic mass is 9.92. The standard InChI is InChI=1S/C17H26N2/c1-3-7-15(8-4-1)11-12-19(17-13-18-14-17)16-9-5-2-6-10-16/h1,3-4,7-8,16-18H,2,5-6,9-14H2. The molecule has 2 fully saturated rings. The van der Waals surface area contributed by atoms with Gasteiger partial charge in [-0.1, -0.05) is 49.6 Å². The van der Waals surface area contributed by atoms with E-state index in [0.717, 1.165) is 12.1 Å². The molecule has 1 aromatic rings. The van der Waals surface area contributed by atoms with Gasteiger partial charge in [0.2, 0.25) is 0 Å². The number of nitrogens with zero attached hydrogens (tertiary/aromatic N) is 1. The summed E-state index contributed by atoms with van der Waals surface area (Å²) in [4.78, 5) is 2.81. The second-order valence-corrected chi connectivity index (χ2v) is 6.08. The summed E-state index contributed by atoms with van der Waals surface area (Å²) >= 11 is 0. The van der Waals surface area contributed by atoms with Crippen LogP contribution in [0.15, 0.2) is 30.3 Å². The van der Waals surface area contributed by atoms with Crippen LogP contribution in [-0.4, -0.2) is 36.6 Å². The number of rotatable bonds is 5. The molecule has 0 atom stereocenters. The van der Waals surface area contributed by atoms with E-state index in [9.17, 15) is 0 Å². The van der Waals surface area contributed by atoms with Crippen LogP contribution in [0.25, 0.3) is 0 Å². The van der Waals surface area contributed by atoms with E-state index < -0.39 is 0 Å². The second kappa shape index (κ2) is 6.53. The van der Waals surface area contributed by atoms with Gasteiger partial charge in [-0.25, -0.2) is 0 Å². The highest BCUT2D eigenvalue weighted by atomic mass is 15.3. The molecule has 1 saturated carbocycles. The average Bonchev–Trinajstić information content (AvgIpc) is 2.43. The van der Waals surface area contributed by atoms with Crippen LogP contribution in [-0.2, 0) is 6.42 Å². The monoisotopic (exact) mass is 258 g/mol. The zero-order valence-electron chi connectivity index (χ0n) is 11.9. The Balaban J connectivity index is 1.59. The van der Waals surface area contributed by atoms with Crippen LogP contribution in [0.3, 0.4) is 0 Å². The summed E-state index contributed by atoms with van der Waals surface area (Å²) in [5, 5.41) is 3.44. The molecule has 0 unspecified atom stereocenters. The van der Waals surface area contributed by atoms with E-state index in [4.69, 9.17) is 0 Å². The SMILES string of the molecule is c1ccc(CCN(C2CCCCC2)C2CNC2)cc1. The first-order valence-corrected chi connectivity index (χ1v) is 7.94. The Kier molecular flexibility index (Phi) is 4.52. The second-order valence-electron chi connectivity index (χ2n) is 6.08. The maximum absolute atomic E-state index is 3.44.